The maximum Gasteiger partial charge on any atom is 0.254 e. The molecule has 1 saturated heterocycles. The number of pyridine rings is 2. The van der Waals surface area contributed by atoms with Crippen LogP contribution >= 0.6 is 0 Å². The highest BCUT2D eigenvalue weighted by molar-refractivity contribution is 5.96. The largest absolute Gasteiger partial charge is 0.507 e. The Hall–Kier alpha value is -5.94. The Kier molecular flexibility index (Phi) is 7.88. The van der Waals surface area contributed by atoms with Gasteiger partial charge in [-0.15, -0.1) is 0 Å². The van der Waals surface area contributed by atoms with Gasteiger partial charge in [-0.1, -0.05) is 24.3 Å². The van der Waals surface area contributed by atoms with Crippen molar-refractivity contribution in [1.29, 1.82) is 0 Å². The van der Waals surface area contributed by atoms with Crippen molar-refractivity contribution in [2.75, 3.05) is 31.9 Å². The highest BCUT2D eigenvalue weighted by atomic mass is 19.1. The summed E-state index contributed by atoms with van der Waals surface area (Å²) in [7, 11) is 0. The van der Waals surface area contributed by atoms with Crippen LogP contribution in [0, 0.1) is 5.82 Å². The highest BCUT2D eigenvalue weighted by Gasteiger charge is 2.24. The molecule has 1 amide bonds. The third-order valence-corrected chi connectivity index (χ3v) is 8.40. The molecule has 7 rings (SSSR count). The third-order valence-electron chi connectivity index (χ3n) is 8.40. The number of hydrogen-bond acceptors (Lipinski definition) is 8. The number of imidazole rings is 1. The van der Waals surface area contributed by atoms with Gasteiger partial charge in [0.15, 0.2) is 17.8 Å². The van der Waals surface area contributed by atoms with E-state index in [4.69, 9.17) is 15.7 Å². The zero-order valence-corrected chi connectivity index (χ0v) is 25.3. The van der Waals surface area contributed by atoms with Crippen molar-refractivity contribution in [2.24, 2.45) is 0 Å². The number of phenols is 1. The van der Waals surface area contributed by atoms with E-state index in [1.165, 1.54) is 18.2 Å². The number of aromatic nitrogens is 4. The number of fused-ring (bicyclic) bond motifs is 1. The van der Waals surface area contributed by atoms with Gasteiger partial charge in [-0.2, -0.15) is 0 Å². The van der Waals surface area contributed by atoms with Crippen molar-refractivity contribution in [3.63, 3.8) is 0 Å². The first-order chi connectivity index (χ1) is 22.9. The van der Waals surface area contributed by atoms with Crippen LogP contribution in [0.3, 0.4) is 0 Å². The fourth-order valence-corrected chi connectivity index (χ4v) is 5.88. The Labute approximate surface area is 269 Å². The minimum absolute atomic E-state index is 0.152. The zero-order valence-electron chi connectivity index (χ0n) is 25.3. The van der Waals surface area contributed by atoms with Gasteiger partial charge in [0.05, 0.1) is 16.8 Å². The number of benzene rings is 3. The molecule has 1 aliphatic heterocycles. The van der Waals surface area contributed by atoms with Gasteiger partial charge in [-0.25, -0.2) is 19.3 Å². The molecule has 0 radical (unpaired) electrons. The summed E-state index contributed by atoms with van der Waals surface area (Å²) in [4.78, 5) is 42.0. The molecule has 234 valence electrons. The molecule has 10 nitrogen and oxygen atoms in total. The van der Waals surface area contributed by atoms with E-state index in [9.17, 15) is 19.1 Å². The molecule has 1 aliphatic rings. The number of nitrogen functional groups attached to an aromatic ring is 1. The molecule has 3 N–H and O–H groups in total. The number of aromatic hydroxyl groups is 1. The zero-order chi connectivity index (χ0) is 32.5. The molecule has 0 saturated carbocycles. The van der Waals surface area contributed by atoms with Crippen molar-refractivity contribution in [1.82, 2.24) is 29.3 Å². The normalized spacial score (nSPS) is 13.6. The number of hydrogen-bond donors (Lipinski definition) is 2. The molecule has 6 aromatic rings. The van der Waals surface area contributed by atoms with E-state index < -0.39 is 0 Å². The smallest absolute Gasteiger partial charge is 0.254 e. The summed E-state index contributed by atoms with van der Waals surface area (Å²) in [6, 6.07) is 26.2. The van der Waals surface area contributed by atoms with Crippen molar-refractivity contribution >= 4 is 29.2 Å². The average molecular weight is 628 g/mol. The number of phenolic OH excluding ortho intramolecular Hbond substituents is 1. The fourth-order valence-electron chi connectivity index (χ4n) is 5.88. The predicted octanol–water partition coefficient (Wildman–Crippen LogP) is 5.35. The van der Waals surface area contributed by atoms with E-state index in [2.05, 4.69) is 9.88 Å². The Morgan fingerprint density at radius 3 is 2.38 bits per heavy atom. The number of amides is 1. The summed E-state index contributed by atoms with van der Waals surface area (Å²) in [5.41, 5.74) is 11.4. The van der Waals surface area contributed by atoms with E-state index in [0.29, 0.717) is 84.2 Å². The standard InChI is InChI=1S/C36H30FN7O3/c37-29-6-2-1-4-27(29)30-13-14-31-35(40-30)44(34(41-31)28-5-3-15-39-33(28)38)26-11-7-23(8-12-26)21-42-16-18-43(19-17-42)36(47)24-9-10-25(22-45)32(46)20-24/h1-15,20,22,46H,16-19,21H2,(H2,38,39). The number of carbonyl (C=O) groups excluding carboxylic acids is 2. The molecule has 0 atom stereocenters. The Balaban J connectivity index is 1.13. The molecule has 0 unspecified atom stereocenters. The summed E-state index contributed by atoms with van der Waals surface area (Å²) in [6.45, 7) is 3.15. The number of nitrogens with two attached hydrogens (primary N) is 1. The molecule has 47 heavy (non-hydrogen) atoms. The molecule has 1 fully saturated rings. The van der Waals surface area contributed by atoms with Crippen LogP contribution in [0.1, 0.15) is 26.3 Å². The lowest BCUT2D eigenvalue weighted by atomic mass is 10.1. The van der Waals surface area contributed by atoms with E-state index in [0.717, 1.165) is 11.3 Å². The molecule has 0 aliphatic carbocycles. The van der Waals surface area contributed by atoms with Crippen LogP contribution in [-0.4, -0.2) is 72.8 Å². The maximum absolute atomic E-state index is 14.7. The molecule has 4 heterocycles. The van der Waals surface area contributed by atoms with Gasteiger partial charge in [0, 0.05) is 55.7 Å². The summed E-state index contributed by atoms with van der Waals surface area (Å²) < 4.78 is 16.6. The van der Waals surface area contributed by atoms with Gasteiger partial charge in [-0.05, 0) is 72.3 Å². The summed E-state index contributed by atoms with van der Waals surface area (Å²) >= 11 is 0. The van der Waals surface area contributed by atoms with Crippen molar-refractivity contribution in [3.8, 4) is 34.1 Å². The number of anilines is 1. The third kappa shape index (κ3) is 5.80. The van der Waals surface area contributed by atoms with Crippen LogP contribution in [0.15, 0.2) is 97.2 Å². The van der Waals surface area contributed by atoms with Gasteiger partial charge in [0.25, 0.3) is 5.91 Å². The van der Waals surface area contributed by atoms with E-state index in [-0.39, 0.29) is 23.0 Å². The van der Waals surface area contributed by atoms with Crippen LogP contribution in [0.25, 0.3) is 39.5 Å². The maximum atomic E-state index is 14.7. The van der Waals surface area contributed by atoms with E-state index >= 15 is 0 Å². The average Bonchev–Trinajstić information content (AvgIpc) is 3.47. The number of aldehydes is 1. The lowest BCUT2D eigenvalue weighted by molar-refractivity contribution is 0.0628. The summed E-state index contributed by atoms with van der Waals surface area (Å²) in [5, 5.41) is 9.99. The molecular formula is C36H30FN7O3. The number of nitrogens with zero attached hydrogens (tertiary/aromatic N) is 6. The fraction of sp³-hybridized carbons (Fsp3) is 0.139. The molecule has 3 aromatic heterocycles. The first kappa shape index (κ1) is 29.8. The quantitative estimate of drug-likeness (QED) is 0.227. The Morgan fingerprint density at radius 1 is 0.894 bits per heavy atom. The van der Waals surface area contributed by atoms with Crippen LogP contribution in [-0.2, 0) is 6.54 Å². The topological polar surface area (TPSA) is 130 Å². The van der Waals surface area contributed by atoms with E-state index in [1.54, 1.807) is 47.5 Å². The van der Waals surface area contributed by atoms with Gasteiger partial charge in [0.1, 0.15) is 22.9 Å². The van der Waals surface area contributed by atoms with Crippen molar-refractivity contribution < 1.29 is 19.1 Å². The monoisotopic (exact) mass is 627 g/mol. The second-order valence-electron chi connectivity index (χ2n) is 11.4. The molecule has 11 heteroatoms. The van der Waals surface area contributed by atoms with Crippen LogP contribution in [0.2, 0.25) is 0 Å². The Bertz CT molecular complexity index is 2120. The summed E-state index contributed by atoms with van der Waals surface area (Å²) in [6.07, 6.45) is 2.19. The first-order valence-electron chi connectivity index (χ1n) is 15.1. The number of piperazine rings is 1. The SMILES string of the molecule is Nc1ncccc1-c1nc2ccc(-c3ccccc3F)nc2n1-c1ccc(CN2CCN(C(=O)c3ccc(C=O)c(O)c3)CC2)cc1. The van der Waals surface area contributed by atoms with Gasteiger partial charge < -0.3 is 15.7 Å². The van der Waals surface area contributed by atoms with Gasteiger partial charge >= 0.3 is 0 Å². The van der Waals surface area contributed by atoms with Gasteiger partial charge in [-0.3, -0.25) is 19.1 Å². The number of carbonyl (C=O) groups is 2. The molecular weight excluding hydrogens is 597 g/mol. The number of halogens is 1. The van der Waals surface area contributed by atoms with Crippen LogP contribution in [0.4, 0.5) is 10.2 Å². The minimum atomic E-state index is -0.357. The second kappa shape index (κ2) is 12.5. The Morgan fingerprint density at radius 2 is 1.66 bits per heavy atom. The lowest BCUT2D eigenvalue weighted by Crippen LogP contribution is -2.48. The lowest BCUT2D eigenvalue weighted by Gasteiger charge is -2.34. The predicted molar refractivity (Wildman–Crippen MR) is 177 cm³/mol. The second-order valence-corrected chi connectivity index (χ2v) is 11.4. The molecule has 3 aromatic carbocycles. The number of rotatable bonds is 7. The first-order valence-corrected chi connectivity index (χ1v) is 15.1. The minimum Gasteiger partial charge on any atom is -0.507 e. The van der Waals surface area contributed by atoms with Crippen molar-refractivity contribution in [3.05, 3.63) is 120 Å². The molecule has 0 spiro atoms. The van der Waals surface area contributed by atoms with Crippen LogP contribution in [0.5, 0.6) is 5.75 Å². The summed E-state index contributed by atoms with van der Waals surface area (Å²) in [5.74, 6) is 0.179. The highest BCUT2D eigenvalue weighted by Crippen LogP contribution is 2.32. The molecule has 0 bridgehead atoms. The van der Waals surface area contributed by atoms with Crippen LogP contribution < -0.4 is 5.73 Å². The van der Waals surface area contributed by atoms with Gasteiger partial charge in [0.2, 0.25) is 0 Å². The van der Waals surface area contributed by atoms with Crippen molar-refractivity contribution in [2.45, 2.75) is 6.54 Å². The van der Waals surface area contributed by atoms with E-state index in [1.807, 2.05) is 41.0 Å².